The largest absolute Gasteiger partial charge is 0.343 e. The topological polar surface area (TPSA) is 83.1 Å². The number of nitrogens with one attached hydrogen (secondary N) is 2. The Kier molecular flexibility index (Phi) is 3.53. The van der Waals surface area contributed by atoms with Crippen LogP contribution in [0.4, 0.5) is 0 Å². The lowest BCUT2D eigenvalue weighted by molar-refractivity contribution is 1.09. The molecular formula is C21H16N6. The number of benzene rings is 1. The fraction of sp³-hybridized carbons (Fsp3) is 0.0476. The highest BCUT2D eigenvalue weighted by atomic mass is 15.1. The fourth-order valence-corrected chi connectivity index (χ4v) is 3.24. The van der Waals surface area contributed by atoms with Crippen LogP contribution in [0.25, 0.3) is 44.7 Å². The van der Waals surface area contributed by atoms with Gasteiger partial charge in [0.1, 0.15) is 0 Å². The summed E-state index contributed by atoms with van der Waals surface area (Å²) in [4.78, 5) is 17.0. The van der Waals surface area contributed by atoms with Crippen LogP contribution in [-0.2, 0) is 0 Å². The normalized spacial score (nSPS) is 11.1. The van der Waals surface area contributed by atoms with Gasteiger partial charge >= 0.3 is 0 Å². The summed E-state index contributed by atoms with van der Waals surface area (Å²) < 4.78 is 0. The summed E-state index contributed by atoms with van der Waals surface area (Å²) in [6, 6.07) is 14.3. The number of fused-ring (bicyclic) bond motifs is 1. The number of hydrogen-bond acceptors (Lipinski definition) is 4. The molecule has 0 fully saturated rings. The van der Waals surface area contributed by atoms with E-state index >= 15 is 0 Å². The molecule has 6 nitrogen and oxygen atoms in total. The number of aromatic amines is 2. The molecule has 4 heterocycles. The van der Waals surface area contributed by atoms with E-state index in [1.54, 1.807) is 12.5 Å². The minimum absolute atomic E-state index is 0.878. The molecule has 0 spiro atoms. The SMILES string of the molecule is Cc1cccc(-c2[nH]cnc2-c2ccc3ncc(-c4cn[nH]c4)cc3c2)n1. The van der Waals surface area contributed by atoms with Crippen LogP contribution in [0.3, 0.4) is 0 Å². The molecule has 2 N–H and O–H groups in total. The van der Waals surface area contributed by atoms with Crippen LogP contribution in [0.2, 0.25) is 0 Å². The van der Waals surface area contributed by atoms with E-state index in [0.717, 1.165) is 50.4 Å². The minimum atomic E-state index is 0.878. The molecule has 0 bridgehead atoms. The highest BCUT2D eigenvalue weighted by Crippen LogP contribution is 2.31. The monoisotopic (exact) mass is 352 g/mol. The third kappa shape index (κ3) is 2.77. The van der Waals surface area contributed by atoms with Crippen molar-refractivity contribution in [2.45, 2.75) is 6.92 Å². The van der Waals surface area contributed by atoms with Gasteiger partial charge in [-0.3, -0.25) is 15.1 Å². The molecule has 0 aliphatic carbocycles. The molecular weight excluding hydrogens is 336 g/mol. The second-order valence-electron chi connectivity index (χ2n) is 6.41. The first-order valence-electron chi connectivity index (χ1n) is 8.65. The van der Waals surface area contributed by atoms with Gasteiger partial charge in [-0.05, 0) is 37.3 Å². The molecule has 4 aromatic heterocycles. The molecule has 27 heavy (non-hydrogen) atoms. The van der Waals surface area contributed by atoms with Crippen molar-refractivity contribution in [3.05, 3.63) is 73.1 Å². The Labute approximate surface area is 155 Å². The van der Waals surface area contributed by atoms with E-state index in [9.17, 15) is 0 Å². The maximum atomic E-state index is 4.62. The van der Waals surface area contributed by atoms with Gasteiger partial charge in [-0.25, -0.2) is 4.98 Å². The molecule has 5 rings (SSSR count). The Balaban J connectivity index is 1.63. The van der Waals surface area contributed by atoms with Gasteiger partial charge in [0.2, 0.25) is 0 Å². The Bertz CT molecular complexity index is 1240. The summed E-state index contributed by atoms with van der Waals surface area (Å²) in [7, 11) is 0. The van der Waals surface area contributed by atoms with E-state index in [2.05, 4.69) is 42.3 Å². The van der Waals surface area contributed by atoms with Gasteiger partial charge in [-0.1, -0.05) is 12.1 Å². The van der Waals surface area contributed by atoms with E-state index in [1.807, 2.05) is 49.6 Å². The van der Waals surface area contributed by atoms with Crippen LogP contribution in [0.5, 0.6) is 0 Å². The Hall–Kier alpha value is -3.80. The average molecular weight is 352 g/mol. The number of rotatable bonds is 3. The summed E-state index contributed by atoms with van der Waals surface area (Å²) in [6.07, 6.45) is 7.23. The summed E-state index contributed by atoms with van der Waals surface area (Å²) in [5, 5.41) is 7.91. The van der Waals surface area contributed by atoms with Gasteiger partial charge in [0.05, 0.1) is 35.1 Å². The van der Waals surface area contributed by atoms with E-state index in [1.165, 1.54) is 0 Å². The fourth-order valence-electron chi connectivity index (χ4n) is 3.24. The van der Waals surface area contributed by atoms with Gasteiger partial charge in [0.15, 0.2) is 0 Å². The van der Waals surface area contributed by atoms with E-state index in [0.29, 0.717) is 0 Å². The van der Waals surface area contributed by atoms with E-state index in [-0.39, 0.29) is 0 Å². The molecule has 0 aliphatic rings. The molecule has 0 aliphatic heterocycles. The zero-order valence-electron chi connectivity index (χ0n) is 14.6. The van der Waals surface area contributed by atoms with Crippen molar-refractivity contribution in [3.8, 4) is 33.8 Å². The van der Waals surface area contributed by atoms with Crippen LogP contribution in [0.1, 0.15) is 5.69 Å². The smallest absolute Gasteiger partial charge is 0.0977 e. The number of aryl methyl sites for hydroxylation is 1. The molecule has 0 unspecified atom stereocenters. The van der Waals surface area contributed by atoms with Crippen LogP contribution in [0.15, 0.2) is 67.4 Å². The first-order chi connectivity index (χ1) is 13.3. The van der Waals surface area contributed by atoms with Gasteiger partial charge in [0, 0.05) is 40.2 Å². The number of H-pyrrole nitrogens is 2. The highest BCUT2D eigenvalue weighted by Gasteiger charge is 2.13. The summed E-state index contributed by atoms with van der Waals surface area (Å²) in [5.74, 6) is 0. The summed E-state index contributed by atoms with van der Waals surface area (Å²) >= 11 is 0. The molecule has 0 amide bonds. The predicted molar refractivity (Wildman–Crippen MR) is 105 cm³/mol. The van der Waals surface area contributed by atoms with Crippen LogP contribution < -0.4 is 0 Å². The molecule has 5 aromatic rings. The first kappa shape index (κ1) is 15.5. The Morgan fingerprint density at radius 1 is 0.889 bits per heavy atom. The first-order valence-corrected chi connectivity index (χ1v) is 8.65. The zero-order valence-corrected chi connectivity index (χ0v) is 14.6. The molecule has 1 aromatic carbocycles. The van der Waals surface area contributed by atoms with Crippen molar-refractivity contribution in [1.29, 1.82) is 0 Å². The van der Waals surface area contributed by atoms with E-state index < -0.39 is 0 Å². The standard InChI is InChI=1S/C21H16N6/c1-13-3-2-4-19(27-13)21-20(23-12-24-21)14-5-6-18-15(7-14)8-16(9-22-18)17-10-25-26-11-17/h2-12H,1H3,(H,23,24)(H,25,26). The minimum Gasteiger partial charge on any atom is -0.343 e. The number of pyridine rings is 2. The average Bonchev–Trinajstić information content (AvgIpc) is 3.39. The second-order valence-corrected chi connectivity index (χ2v) is 6.41. The molecule has 0 radical (unpaired) electrons. The highest BCUT2D eigenvalue weighted by molar-refractivity contribution is 5.89. The molecule has 130 valence electrons. The van der Waals surface area contributed by atoms with Crippen molar-refractivity contribution < 1.29 is 0 Å². The molecule has 6 heteroatoms. The number of aromatic nitrogens is 6. The van der Waals surface area contributed by atoms with Crippen molar-refractivity contribution >= 4 is 10.9 Å². The predicted octanol–water partition coefficient (Wildman–Crippen LogP) is 4.39. The molecule has 0 saturated heterocycles. The Morgan fingerprint density at radius 2 is 1.81 bits per heavy atom. The Morgan fingerprint density at radius 3 is 2.67 bits per heavy atom. The van der Waals surface area contributed by atoms with Crippen molar-refractivity contribution in [2.75, 3.05) is 0 Å². The van der Waals surface area contributed by atoms with Gasteiger partial charge in [-0.15, -0.1) is 0 Å². The maximum Gasteiger partial charge on any atom is 0.0977 e. The lowest BCUT2D eigenvalue weighted by atomic mass is 10.0. The number of imidazole rings is 1. The van der Waals surface area contributed by atoms with Crippen molar-refractivity contribution in [3.63, 3.8) is 0 Å². The molecule has 0 atom stereocenters. The van der Waals surface area contributed by atoms with Crippen molar-refractivity contribution in [2.24, 2.45) is 0 Å². The third-order valence-corrected chi connectivity index (χ3v) is 4.57. The third-order valence-electron chi connectivity index (χ3n) is 4.57. The summed E-state index contributed by atoms with van der Waals surface area (Å²) in [5.41, 5.74) is 7.65. The quantitative estimate of drug-likeness (QED) is 0.504. The zero-order chi connectivity index (χ0) is 18.2. The molecule has 0 saturated carbocycles. The second kappa shape index (κ2) is 6.17. The van der Waals surface area contributed by atoms with Crippen molar-refractivity contribution in [1.82, 2.24) is 30.1 Å². The summed E-state index contributed by atoms with van der Waals surface area (Å²) in [6.45, 7) is 1.98. The van der Waals surface area contributed by atoms with Crippen LogP contribution >= 0.6 is 0 Å². The number of nitrogens with zero attached hydrogens (tertiary/aromatic N) is 4. The van der Waals surface area contributed by atoms with E-state index in [4.69, 9.17) is 0 Å². The lowest BCUT2D eigenvalue weighted by Crippen LogP contribution is -1.90. The number of hydrogen-bond donors (Lipinski definition) is 2. The van der Waals surface area contributed by atoms with Gasteiger partial charge < -0.3 is 4.98 Å². The van der Waals surface area contributed by atoms with Gasteiger partial charge in [0.25, 0.3) is 0 Å². The van der Waals surface area contributed by atoms with Crippen LogP contribution in [-0.4, -0.2) is 30.1 Å². The van der Waals surface area contributed by atoms with Crippen LogP contribution in [0, 0.1) is 6.92 Å². The van der Waals surface area contributed by atoms with Gasteiger partial charge in [-0.2, -0.15) is 5.10 Å². The lowest BCUT2D eigenvalue weighted by Gasteiger charge is -2.06. The maximum absolute atomic E-state index is 4.62.